The molecule has 0 heterocycles. The van der Waals surface area contributed by atoms with E-state index in [-0.39, 0.29) is 65.4 Å². The molecule has 60 valence electrons. The fourth-order valence-electron chi connectivity index (χ4n) is 0. The smallest absolute Gasteiger partial charge is 0.734 e. The topological polar surface area (TPSA) is 166 Å². The third-order valence-corrected chi connectivity index (χ3v) is 0. The minimum atomic E-state index is 0. The van der Waals surface area contributed by atoms with Crippen molar-refractivity contribution in [3.63, 3.8) is 0 Å². The monoisotopic (exact) mass is 322 g/mol. The zero-order valence-electron chi connectivity index (χ0n) is 4.83. The second kappa shape index (κ2) is 59.3. The predicted octanol–water partition coefficient (Wildman–Crippen LogP) is -7.34. The van der Waals surface area contributed by atoms with Crippen molar-refractivity contribution in [2.24, 2.45) is 0 Å². The van der Waals surface area contributed by atoms with Crippen LogP contribution in [0, 0.1) is 0 Å². The predicted molar refractivity (Wildman–Crippen MR) is 3.25 cm³/mol. The zero-order valence-corrected chi connectivity index (χ0v) is 10.5. The van der Waals surface area contributed by atoms with E-state index < -0.39 is 0 Å². The Hall–Kier alpha value is 1.85. The van der Waals surface area contributed by atoms with E-state index in [9.17, 15) is 0 Å². The molecule has 0 aromatic carbocycles. The van der Waals surface area contributed by atoms with Gasteiger partial charge in [0.2, 0.25) is 0 Å². The summed E-state index contributed by atoms with van der Waals surface area (Å²) in [5.74, 6) is 0. The molecular formula is O9Y2. The molecule has 0 aromatic rings. The minimum absolute atomic E-state index is 0. The number of hydrogen-bond donors (Lipinski definition) is 0. The normalized spacial score (nSPS) is 4.91. The molecule has 0 aromatic heterocycles. The fraction of sp³-hybridized carbons (Fsp3) is 0. The summed E-state index contributed by atoms with van der Waals surface area (Å²) >= 11 is 0. The van der Waals surface area contributed by atoms with E-state index in [1.807, 2.05) is 0 Å². The molecule has 0 radical (unpaired) electrons. The van der Waals surface area contributed by atoms with Crippen LogP contribution in [0.25, 0.3) is 0 Å². The van der Waals surface area contributed by atoms with Gasteiger partial charge in [-0.15, -0.1) is 0 Å². The van der Waals surface area contributed by atoms with Crippen LogP contribution in [0.5, 0.6) is 0 Å². The van der Waals surface area contributed by atoms with Gasteiger partial charge in [0.05, 0.1) is 0 Å². The van der Waals surface area contributed by atoms with Crippen molar-refractivity contribution < 1.29 is 112 Å². The summed E-state index contributed by atoms with van der Waals surface area (Å²) in [4.78, 5) is 0. The van der Waals surface area contributed by atoms with Crippen LogP contribution in [0.2, 0.25) is 0 Å². The number of hydrogen-bond acceptors (Lipinski definition) is 9. The standard InChI is InChI=1S/3H2O3.2Y/c3*1-3-2;;/h3*1-2H;;/q;;;2*+3/p-6. The Kier molecular flexibility index (Phi) is 158. The molecule has 0 atom stereocenters. The van der Waals surface area contributed by atoms with E-state index in [4.69, 9.17) is 31.5 Å². The summed E-state index contributed by atoms with van der Waals surface area (Å²) in [5, 5.41) is 52.5. The minimum Gasteiger partial charge on any atom is -0.734 e. The van der Waals surface area contributed by atoms with Crippen LogP contribution >= 0.6 is 0 Å². The molecule has 0 bridgehead atoms. The molecule has 0 spiro atoms. The second-order valence-electron chi connectivity index (χ2n) is 0.204. The van der Waals surface area contributed by atoms with E-state index in [1.54, 1.807) is 15.1 Å². The molecular weight excluding hydrogens is 322 g/mol. The van der Waals surface area contributed by atoms with Crippen molar-refractivity contribution in [3.8, 4) is 0 Å². The quantitative estimate of drug-likeness (QED) is 0.311. The molecule has 11 heteroatoms. The Morgan fingerprint density at radius 2 is 0.455 bits per heavy atom. The van der Waals surface area contributed by atoms with Crippen LogP contribution < -0.4 is 31.5 Å². The van der Waals surface area contributed by atoms with Gasteiger partial charge in [0, 0.05) is 0 Å². The van der Waals surface area contributed by atoms with Gasteiger partial charge in [-0.1, -0.05) is 0 Å². The van der Waals surface area contributed by atoms with Crippen molar-refractivity contribution in [3.05, 3.63) is 0 Å². The van der Waals surface area contributed by atoms with Gasteiger partial charge >= 0.3 is 65.4 Å². The largest absolute Gasteiger partial charge is 3.00 e. The molecule has 0 fully saturated rings. The summed E-state index contributed by atoms with van der Waals surface area (Å²) in [6, 6.07) is 0. The van der Waals surface area contributed by atoms with Crippen molar-refractivity contribution >= 4 is 0 Å². The molecule has 0 rings (SSSR count). The van der Waals surface area contributed by atoms with Crippen molar-refractivity contribution in [2.45, 2.75) is 0 Å². The van der Waals surface area contributed by atoms with Crippen LogP contribution in [0.3, 0.4) is 0 Å². The van der Waals surface area contributed by atoms with Gasteiger partial charge < -0.3 is 46.7 Å². The SMILES string of the molecule is [O-]O[O-].[O-]O[O-].[O-]O[O-].[Y+3].[Y+3]. The maximum absolute atomic E-state index is 7.88. The van der Waals surface area contributed by atoms with E-state index in [2.05, 4.69) is 0 Å². The first-order valence-corrected chi connectivity index (χ1v) is 1.00. The fourth-order valence-corrected chi connectivity index (χ4v) is 0. The van der Waals surface area contributed by atoms with Gasteiger partial charge in [-0.2, -0.15) is 0 Å². The Bertz CT molecular complexity index is 12.3. The van der Waals surface area contributed by atoms with E-state index in [0.717, 1.165) is 0 Å². The van der Waals surface area contributed by atoms with E-state index >= 15 is 0 Å². The van der Waals surface area contributed by atoms with Gasteiger partial charge in [-0.25, -0.2) is 0 Å². The van der Waals surface area contributed by atoms with Gasteiger partial charge in [0.25, 0.3) is 0 Å². The average Bonchev–Trinajstić information content (AvgIpc) is 1.70. The Morgan fingerprint density at radius 3 is 0.455 bits per heavy atom. The maximum atomic E-state index is 7.88. The van der Waals surface area contributed by atoms with E-state index in [1.165, 1.54) is 0 Å². The van der Waals surface area contributed by atoms with Crippen LogP contribution in [0.15, 0.2) is 0 Å². The molecule has 11 heavy (non-hydrogen) atoms. The van der Waals surface area contributed by atoms with Crippen LogP contribution in [-0.2, 0) is 80.5 Å². The number of rotatable bonds is 0. The molecule has 9 nitrogen and oxygen atoms in total. The summed E-state index contributed by atoms with van der Waals surface area (Å²) in [7, 11) is 0. The second-order valence-corrected chi connectivity index (χ2v) is 0.204. The molecule has 0 amide bonds. The zero-order chi connectivity index (χ0) is 8.12. The maximum Gasteiger partial charge on any atom is 3.00 e. The van der Waals surface area contributed by atoms with E-state index in [0.29, 0.717) is 0 Å². The summed E-state index contributed by atoms with van der Waals surface area (Å²) in [6.45, 7) is 0. The molecule has 0 saturated heterocycles. The molecule has 0 unspecified atom stereocenters. The van der Waals surface area contributed by atoms with Crippen molar-refractivity contribution in [2.75, 3.05) is 0 Å². The molecule has 0 saturated carbocycles. The Morgan fingerprint density at radius 1 is 0.455 bits per heavy atom. The Labute approximate surface area is 111 Å². The molecule has 0 aliphatic carbocycles. The van der Waals surface area contributed by atoms with Crippen molar-refractivity contribution in [1.82, 2.24) is 0 Å². The van der Waals surface area contributed by atoms with Gasteiger partial charge in [0.15, 0.2) is 0 Å². The Balaban J connectivity index is -0.0000000150. The molecule has 0 aliphatic heterocycles. The summed E-state index contributed by atoms with van der Waals surface area (Å²) < 4.78 is 0. The molecule has 0 N–H and O–H groups in total. The van der Waals surface area contributed by atoms with Crippen LogP contribution in [-0.4, -0.2) is 0 Å². The molecule has 0 aliphatic rings. The first-order chi connectivity index (χ1) is 4.24. The average molecular weight is 322 g/mol. The third-order valence-electron chi connectivity index (χ3n) is 0. The third kappa shape index (κ3) is 337. The van der Waals surface area contributed by atoms with Crippen LogP contribution in [0.1, 0.15) is 0 Å². The first kappa shape index (κ1) is 29.3. The van der Waals surface area contributed by atoms with Crippen molar-refractivity contribution in [1.29, 1.82) is 0 Å². The van der Waals surface area contributed by atoms with Gasteiger partial charge in [0.1, 0.15) is 0 Å². The van der Waals surface area contributed by atoms with Gasteiger partial charge in [-0.05, 0) is 0 Å². The summed E-state index contributed by atoms with van der Waals surface area (Å²) in [6.07, 6.45) is 0. The van der Waals surface area contributed by atoms with Crippen LogP contribution in [0.4, 0.5) is 0 Å². The first-order valence-electron chi connectivity index (χ1n) is 1.00. The summed E-state index contributed by atoms with van der Waals surface area (Å²) in [5.41, 5.74) is 0. The van der Waals surface area contributed by atoms with Gasteiger partial charge in [-0.3, -0.25) is 0 Å².